The standard InChI is InChI=1S/C10H4F4O2/c11-9-4-3-8(16-10(12,13)14)6-7(9)2-1-5-15/h3-6H. The summed E-state index contributed by atoms with van der Waals surface area (Å²) < 4.78 is 52.0. The third-order valence-electron chi connectivity index (χ3n) is 1.44. The molecule has 0 spiro atoms. The number of benzene rings is 1. The van der Waals surface area contributed by atoms with E-state index in [1.165, 1.54) is 0 Å². The number of ether oxygens (including phenoxy) is 1. The molecule has 84 valence electrons. The molecule has 0 aliphatic rings. The first-order chi connectivity index (χ1) is 7.42. The smallest absolute Gasteiger partial charge is 0.406 e. The number of hydrogen-bond acceptors (Lipinski definition) is 2. The summed E-state index contributed by atoms with van der Waals surface area (Å²) in [5.74, 6) is 2.51. The molecule has 0 aliphatic carbocycles. The van der Waals surface area contributed by atoms with Gasteiger partial charge in [0.05, 0.1) is 5.56 Å². The van der Waals surface area contributed by atoms with Crippen molar-refractivity contribution in [1.29, 1.82) is 0 Å². The average molecular weight is 232 g/mol. The summed E-state index contributed by atoms with van der Waals surface area (Å²) in [5, 5.41) is 0. The van der Waals surface area contributed by atoms with Crippen LogP contribution in [0.2, 0.25) is 0 Å². The van der Waals surface area contributed by atoms with E-state index in [1.54, 1.807) is 0 Å². The Hall–Kier alpha value is -2.03. The third kappa shape index (κ3) is 3.61. The van der Waals surface area contributed by atoms with Crippen LogP contribution in [0.3, 0.4) is 0 Å². The van der Waals surface area contributed by atoms with Crippen molar-refractivity contribution in [3.05, 3.63) is 29.6 Å². The summed E-state index contributed by atoms with van der Waals surface area (Å²) in [6.07, 6.45) is -4.65. The minimum Gasteiger partial charge on any atom is -0.406 e. The minimum atomic E-state index is -4.85. The zero-order valence-corrected chi connectivity index (χ0v) is 7.64. The van der Waals surface area contributed by atoms with E-state index in [2.05, 4.69) is 4.74 Å². The van der Waals surface area contributed by atoms with Gasteiger partial charge < -0.3 is 4.74 Å². The van der Waals surface area contributed by atoms with Crippen LogP contribution >= 0.6 is 0 Å². The Labute approximate surface area is 87.8 Å². The van der Waals surface area contributed by atoms with Gasteiger partial charge in [0.15, 0.2) is 6.29 Å². The highest BCUT2D eigenvalue weighted by molar-refractivity contribution is 5.74. The second-order valence-corrected chi connectivity index (χ2v) is 2.58. The maximum Gasteiger partial charge on any atom is 0.573 e. The molecule has 0 saturated carbocycles. The maximum atomic E-state index is 13.0. The molecule has 0 bridgehead atoms. The zero-order valence-electron chi connectivity index (χ0n) is 7.64. The van der Waals surface area contributed by atoms with E-state index in [9.17, 15) is 22.4 Å². The summed E-state index contributed by atoms with van der Waals surface area (Å²) in [4.78, 5) is 9.90. The monoisotopic (exact) mass is 232 g/mol. The van der Waals surface area contributed by atoms with E-state index in [-0.39, 0.29) is 11.8 Å². The lowest BCUT2D eigenvalue weighted by atomic mass is 10.2. The Morgan fingerprint density at radius 1 is 1.31 bits per heavy atom. The van der Waals surface area contributed by atoms with Crippen molar-refractivity contribution in [2.45, 2.75) is 6.36 Å². The van der Waals surface area contributed by atoms with Gasteiger partial charge in [0.2, 0.25) is 0 Å². The normalized spacial score (nSPS) is 10.2. The Morgan fingerprint density at radius 3 is 2.56 bits per heavy atom. The fraction of sp³-hybridized carbons (Fsp3) is 0.100. The molecule has 0 heterocycles. The first-order valence-corrected chi connectivity index (χ1v) is 3.93. The van der Waals surface area contributed by atoms with Crippen molar-refractivity contribution in [3.8, 4) is 17.6 Å². The van der Waals surface area contributed by atoms with E-state index >= 15 is 0 Å². The lowest BCUT2D eigenvalue weighted by molar-refractivity contribution is -0.274. The summed E-state index contributed by atoms with van der Waals surface area (Å²) in [7, 11) is 0. The summed E-state index contributed by atoms with van der Waals surface area (Å²) in [6.45, 7) is 0. The highest BCUT2D eigenvalue weighted by atomic mass is 19.4. The Balaban J connectivity index is 3.02. The van der Waals surface area contributed by atoms with Crippen molar-refractivity contribution in [1.82, 2.24) is 0 Å². The molecule has 1 aromatic carbocycles. The van der Waals surface area contributed by atoms with Gasteiger partial charge in [-0.05, 0) is 24.1 Å². The molecule has 0 N–H and O–H groups in total. The number of rotatable bonds is 1. The van der Waals surface area contributed by atoms with Crippen LogP contribution < -0.4 is 4.74 Å². The molecule has 0 atom stereocenters. The van der Waals surface area contributed by atoms with E-state index < -0.39 is 17.9 Å². The molecule has 0 unspecified atom stereocenters. The van der Waals surface area contributed by atoms with Crippen LogP contribution in [0.4, 0.5) is 17.6 Å². The Morgan fingerprint density at radius 2 is 2.00 bits per heavy atom. The molecule has 0 aromatic heterocycles. The van der Waals surface area contributed by atoms with Gasteiger partial charge in [0, 0.05) is 0 Å². The summed E-state index contributed by atoms with van der Waals surface area (Å²) >= 11 is 0. The van der Waals surface area contributed by atoms with Crippen molar-refractivity contribution < 1.29 is 27.1 Å². The van der Waals surface area contributed by atoms with Crippen LogP contribution in [0.5, 0.6) is 5.75 Å². The highest BCUT2D eigenvalue weighted by Gasteiger charge is 2.31. The van der Waals surface area contributed by atoms with Crippen LogP contribution in [0.15, 0.2) is 18.2 Å². The fourth-order valence-electron chi connectivity index (χ4n) is 0.905. The van der Waals surface area contributed by atoms with Gasteiger partial charge in [-0.3, -0.25) is 4.79 Å². The second kappa shape index (κ2) is 4.66. The number of alkyl halides is 3. The number of carbonyl (C=O) groups excluding carboxylic acids is 1. The van der Waals surface area contributed by atoms with Gasteiger partial charge in [-0.2, -0.15) is 0 Å². The molecule has 0 radical (unpaired) electrons. The van der Waals surface area contributed by atoms with Crippen LogP contribution in [-0.2, 0) is 4.79 Å². The number of carbonyl (C=O) groups is 1. The fourth-order valence-corrected chi connectivity index (χ4v) is 0.905. The molecule has 6 heteroatoms. The Bertz CT molecular complexity index is 454. The average Bonchev–Trinajstić information content (AvgIpc) is 2.17. The van der Waals surface area contributed by atoms with Gasteiger partial charge in [-0.25, -0.2) is 4.39 Å². The second-order valence-electron chi connectivity index (χ2n) is 2.58. The van der Waals surface area contributed by atoms with Gasteiger partial charge in [0.1, 0.15) is 11.6 Å². The lowest BCUT2D eigenvalue weighted by Gasteiger charge is -2.08. The molecular weight excluding hydrogens is 228 g/mol. The van der Waals surface area contributed by atoms with Gasteiger partial charge in [0.25, 0.3) is 0 Å². The zero-order chi connectivity index (χ0) is 12.2. The molecule has 0 aliphatic heterocycles. The minimum absolute atomic E-state index is 0.205. The van der Waals surface area contributed by atoms with Crippen molar-refractivity contribution >= 4 is 6.29 Å². The predicted octanol–water partition coefficient (Wildman–Crippen LogP) is 2.27. The number of halogens is 4. The van der Waals surface area contributed by atoms with Crippen LogP contribution in [-0.4, -0.2) is 12.6 Å². The molecule has 0 amide bonds. The Kier molecular flexibility index (Phi) is 3.51. The van der Waals surface area contributed by atoms with Gasteiger partial charge >= 0.3 is 6.36 Å². The van der Waals surface area contributed by atoms with Crippen LogP contribution in [0, 0.1) is 17.7 Å². The molecule has 0 saturated heterocycles. The number of aldehydes is 1. The highest BCUT2D eigenvalue weighted by Crippen LogP contribution is 2.24. The first-order valence-electron chi connectivity index (χ1n) is 3.93. The van der Waals surface area contributed by atoms with E-state index in [1.807, 2.05) is 11.8 Å². The molecular formula is C10H4F4O2. The van der Waals surface area contributed by atoms with Crippen molar-refractivity contribution in [2.75, 3.05) is 0 Å². The first kappa shape index (κ1) is 12.0. The lowest BCUT2D eigenvalue weighted by Crippen LogP contribution is -2.17. The summed E-state index contributed by atoms with van der Waals surface area (Å²) in [5.41, 5.74) is -0.339. The van der Waals surface area contributed by atoms with Crippen LogP contribution in [0.1, 0.15) is 5.56 Å². The molecule has 0 fully saturated rings. The molecule has 1 aromatic rings. The number of hydrogen-bond donors (Lipinski definition) is 0. The van der Waals surface area contributed by atoms with Crippen LogP contribution in [0.25, 0.3) is 0 Å². The quantitative estimate of drug-likeness (QED) is 0.422. The predicted molar refractivity (Wildman–Crippen MR) is 46.0 cm³/mol. The molecule has 16 heavy (non-hydrogen) atoms. The largest absolute Gasteiger partial charge is 0.573 e. The van der Waals surface area contributed by atoms with Gasteiger partial charge in [-0.15, -0.1) is 13.2 Å². The third-order valence-corrected chi connectivity index (χ3v) is 1.44. The SMILES string of the molecule is O=CC#Cc1cc(OC(F)(F)F)ccc1F. The van der Waals surface area contributed by atoms with Crippen molar-refractivity contribution in [2.24, 2.45) is 0 Å². The van der Waals surface area contributed by atoms with E-state index in [0.29, 0.717) is 0 Å². The van der Waals surface area contributed by atoms with Crippen molar-refractivity contribution in [3.63, 3.8) is 0 Å². The molecule has 2 nitrogen and oxygen atoms in total. The van der Waals surface area contributed by atoms with E-state index in [0.717, 1.165) is 18.2 Å². The van der Waals surface area contributed by atoms with E-state index in [4.69, 9.17) is 0 Å². The topological polar surface area (TPSA) is 26.3 Å². The maximum absolute atomic E-state index is 13.0. The summed E-state index contributed by atoms with van der Waals surface area (Å²) in [6, 6.07) is 2.35. The van der Waals surface area contributed by atoms with Gasteiger partial charge in [-0.1, -0.05) is 5.92 Å². The molecule has 1 rings (SSSR count).